The number of nitrogens with zero attached hydrogens (tertiary/aromatic N) is 1. The van der Waals surface area contributed by atoms with E-state index < -0.39 is 0 Å². The first kappa shape index (κ1) is 11.4. The first-order valence-electron chi connectivity index (χ1n) is 6.12. The molecule has 0 radical (unpaired) electrons. The summed E-state index contributed by atoms with van der Waals surface area (Å²) in [5.41, 5.74) is 0.159. The highest BCUT2D eigenvalue weighted by atomic mass is 16.6. The van der Waals surface area contributed by atoms with E-state index in [1.54, 1.807) is 0 Å². The summed E-state index contributed by atoms with van der Waals surface area (Å²) >= 11 is 0. The predicted molar refractivity (Wildman–Crippen MR) is 59.8 cm³/mol. The van der Waals surface area contributed by atoms with E-state index in [1.807, 2.05) is 0 Å². The normalized spacial score (nSPS) is 30.8. The minimum Gasteiger partial charge on any atom is -0.396 e. The predicted octanol–water partition coefficient (Wildman–Crippen LogP) is 1.26. The van der Waals surface area contributed by atoms with E-state index in [4.69, 9.17) is 4.74 Å². The van der Waals surface area contributed by atoms with Crippen molar-refractivity contribution in [3.63, 3.8) is 0 Å². The summed E-state index contributed by atoms with van der Waals surface area (Å²) in [7, 11) is 0. The summed E-state index contributed by atoms with van der Waals surface area (Å²) in [4.78, 5) is 2.50. The van der Waals surface area contributed by atoms with Crippen LogP contribution in [0, 0.1) is 5.41 Å². The zero-order valence-corrected chi connectivity index (χ0v) is 9.91. The van der Waals surface area contributed by atoms with Gasteiger partial charge in [-0.2, -0.15) is 0 Å². The van der Waals surface area contributed by atoms with Crippen LogP contribution in [-0.2, 0) is 4.74 Å². The van der Waals surface area contributed by atoms with Gasteiger partial charge in [-0.05, 0) is 51.6 Å². The van der Waals surface area contributed by atoms with Gasteiger partial charge in [0, 0.05) is 12.6 Å². The number of hydrogen-bond donors (Lipinski definition) is 1. The van der Waals surface area contributed by atoms with E-state index in [1.165, 1.54) is 0 Å². The van der Waals surface area contributed by atoms with E-state index in [0.29, 0.717) is 18.8 Å². The highest BCUT2D eigenvalue weighted by Crippen LogP contribution is 2.39. The molecule has 0 bridgehead atoms. The number of rotatable bonds is 4. The average molecular weight is 213 g/mol. The lowest BCUT2D eigenvalue weighted by Gasteiger charge is -2.42. The van der Waals surface area contributed by atoms with Crippen LogP contribution >= 0.6 is 0 Å². The molecule has 88 valence electrons. The van der Waals surface area contributed by atoms with Crippen molar-refractivity contribution >= 4 is 0 Å². The zero-order chi connectivity index (χ0) is 10.9. The van der Waals surface area contributed by atoms with E-state index in [0.717, 1.165) is 39.0 Å². The smallest absolute Gasteiger partial charge is 0.0816 e. The van der Waals surface area contributed by atoms with Gasteiger partial charge in [0.2, 0.25) is 0 Å². The van der Waals surface area contributed by atoms with Crippen LogP contribution in [0.15, 0.2) is 0 Å². The largest absolute Gasteiger partial charge is 0.396 e. The first-order valence-corrected chi connectivity index (χ1v) is 6.12. The molecule has 1 unspecified atom stereocenters. The summed E-state index contributed by atoms with van der Waals surface area (Å²) in [6, 6.07) is 0.638. The molecule has 0 aromatic carbocycles. The molecule has 0 saturated carbocycles. The molecule has 0 spiro atoms. The Kier molecular flexibility index (Phi) is 3.33. The highest BCUT2D eigenvalue weighted by molar-refractivity contribution is 4.90. The van der Waals surface area contributed by atoms with Gasteiger partial charge in [-0.3, -0.25) is 0 Å². The van der Waals surface area contributed by atoms with Crippen LogP contribution in [0.3, 0.4) is 0 Å². The molecule has 0 aromatic rings. The molecule has 2 aliphatic rings. The second-order valence-corrected chi connectivity index (χ2v) is 5.45. The van der Waals surface area contributed by atoms with Crippen molar-refractivity contribution in [1.29, 1.82) is 0 Å². The van der Waals surface area contributed by atoms with Crippen LogP contribution in [0.25, 0.3) is 0 Å². The average Bonchev–Trinajstić information content (AvgIpc) is 3.02. The Bertz CT molecular complexity index is 206. The molecule has 2 aliphatic heterocycles. The lowest BCUT2D eigenvalue weighted by Crippen LogP contribution is -2.45. The highest BCUT2D eigenvalue weighted by Gasteiger charge is 2.40. The van der Waals surface area contributed by atoms with Gasteiger partial charge in [-0.25, -0.2) is 0 Å². The molecule has 0 aliphatic carbocycles. The van der Waals surface area contributed by atoms with E-state index >= 15 is 0 Å². The maximum atomic E-state index is 9.57. The fourth-order valence-electron chi connectivity index (χ4n) is 2.61. The minimum absolute atomic E-state index is 0.159. The molecule has 2 heterocycles. The molecule has 1 atom stereocenters. The van der Waals surface area contributed by atoms with Gasteiger partial charge in [0.05, 0.1) is 12.7 Å². The number of ether oxygens (including phenoxy) is 1. The van der Waals surface area contributed by atoms with Crippen LogP contribution in [0.5, 0.6) is 0 Å². The molecular weight excluding hydrogens is 190 g/mol. The van der Waals surface area contributed by atoms with Gasteiger partial charge in [0.25, 0.3) is 0 Å². The van der Waals surface area contributed by atoms with E-state index in [2.05, 4.69) is 18.7 Å². The fourth-order valence-corrected chi connectivity index (χ4v) is 2.61. The fraction of sp³-hybridized carbons (Fsp3) is 1.00. The van der Waals surface area contributed by atoms with E-state index in [-0.39, 0.29) is 5.41 Å². The van der Waals surface area contributed by atoms with Crippen molar-refractivity contribution < 1.29 is 9.84 Å². The Balaban J connectivity index is 1.87. The van der Waals surface area contributed by atoms with Crippen LogP contribution in [0.2, 0.25) is 0 Å². The monoisotopic (exact) mass is 213 g/mol. The van der Waals surface area contributed by atoms with Crippen molar-refractivity contribution in [2.24, 2.45) is 5.41 Å². The quantitative estimate of drug-likeness (QED) is 0.714. The zero-order valence-electron chi connectivity index (χ0n) is 9.91. The standard InChI is InChI=1S/C12H23NO2/c1-10(2)13-5-3-12(9-14,4-6-13)7-11-8-15-11/h10-11,14H,3-9H2,1-2H3. The number of epoxide rings is 1. The Morgan fingerprint density at radius 3 is 2.40 bits per heavy atom. The second-order valence-electron chi connectivity index (χ2n) is 5.45. The summed E-state index contributed by atoms with van der Waals surface area (Å²) in [6.07, 6.45) is 3.76. The molecule has 0 aromatic heterocycles. The molecule has 3 heteroatoms. The maximum absolute atomic E-state index is 9.57. The van der Waals surface area contributed by atoms with Crippen molar-refractivity contribution in [2.45, 2.75) is 45.3 Å². The molecule has 2 saturated heterocycles. The SMILES string of the molecule is CC(C)N1CCC(CO)(CC2CO2)CC1. The minimum atomic E-state index is 0.159. The summed E-state index contributed by atoms with van der Waals surface area (Å²) in [5.74, 6) is 0. The van der Waals surface area contributed by atoms with Gasteiger partial charge in [-0.1, -0.05) is 0 Å². The van der Waals surface area contributed by atoms with Gasteiger partial charge in [0.15, 0.2) is 0 Å². The maximum Gasteiger partial charge on any atom is 0.0816 e. The Morgan fingerprint density at radius 2 is 2.00 bits per heavy atom. The van der Waals surface area contributed by atoms with Crippen molar-refractivity contribution in [3.05, 3.63) is 0 Å². The van der Waals surface area contributed by atoms with Crippen molar-refractivity contribution in [1.82, 2.24) is 4.90 Å². The van der Waals surface area contributed by atoms with Crippen LogP contribution in [0.4, 0.5) is 0 Å². The molecule has 1 N–H and O–H groups in total. The Labute approximate surface area is 92.4 Å². The number of aliphatic hydroxyl groups is 1. The Hall–Kier alpha value is -0.120. The molecule has 2 rings (SSSR count). The molecular formula is C12H23NO2. The van der Waals surface area contributed by atoms with Gasteiger partial charge < -0.3 is 14.7 Å². The van der Waals surface area contributed by atoms with Crippen LogP contribution < -0.4 is 0 Å². The number of piperidine rings is 1. The van der Waals surface area contributed by atoms with Crippen LogP contribution in [-0.4, -0.2) is 48.5 Å². The summed E-state index contributed by atoms with van der Waals surface area (Å²) in [6.45, 7) is 8.00. The third-order valence-electron chi connectivity index (χ3n) is 3.99. The molecule has 0 amide bonds. The second kappa shape index (κ2) is 4.40. The Morgan fingerprint density at radius 1 is 1.40 bits per heavy atom. The van der Waals surface area contributed by atoms with Gasteiger partial charge >= 0.3 is 0 Å². The number of hydrogen-bond acceptors (Lipinski definition) is 3. The lowest BCUT2D eigenvalue weighted by atomic mass is 9.75. The molecule has 15 heavy (non-hydrogen) atoms. The third-order valence-corrected chi connectivity index (χ3v) is 3.99. The molecule has 3 nitrogen and oxygen atoms in total. The topological polar surface area (TPSA) is 36.0 Å². The van der Waals surface area contributed by atoms with Crippen molar-refractivity contribution in [3.8, 4) is 0 Å². The summed E-state index contributed by atoms with van der Waals surface area (Å²) < 4.78 is 5.29. The number of aliphatic hydroxyl groups excluding tert-OH is 1. The van der Waals surface area contributed by atoms with Crippen molar-refractivity contribution in [2.75, 3.05) is 26.3 Å². The third kappa shape index (κ3) is 2.71. The van der Waals surface area contributed by atoms with Gasteiger partial charge in [0.1, 0.15) is 0 Å². The number of likely N-dealkylation sites (tertiary alicyclic amines) is 1. The van der Waals surface area contributed by atoms with Crippen LogP contribution in [0.1, 0.15) is 33.1 Å². The van der Waals surface area contributed by atoms with E-state index in [9.17, 15) is 5.11 Å². The first-order chi connectivity index (χ1) is 7.15. The van der Waals surface area contributed by atoms with Gasteiger partial charge in [-0.15, -0.1) is 0 Å². The summed E-state index contributed by atoms with van der Waals surface area (Å²) in [5, 5.41) is 9.57. The lowest BCUT2D eigenvalue weighted by molar-refractivity contribution is 0.0214. The molecule has 2 fully saturated rings.